The van der Waals surface area contributed by atoms with Gasteiger partial charge in [0.1, 0.15) is 0 Å². The average Bonchev–Trinajstić information content (AvgIpc) is 2.47. The monoisotopic (exact) mass is 325 g/mol. The zero-order valence-electron chi connectivity index (χ0n) is 10.9. The molecule has 1 aromatic heterocycles. The van der Waals surface area contributed by atoms with E-state index in [1.807, 2.05) is 6.26 Å². The van der Waals surface area contributed by atoms with Gasteiger partial charge < -0.3 is 0 Å². The lowest BCUT2D eigenvalue weighted by molar-refractivity contribution is -0.387. The van der Waals surface area contributed by atoms with E-state index in [1.54, 1.807) is 12.1 Å². The lowest BCUT2D eigenvalue weighted by Gasteiger charge is -2.08. The number of pyridine rings is 1. The van der Waals surface area contributed by atoms with E-state index in [2.05, 4.69) is 9.71 Å². The second-order valence-electron chi connectivity index (χ2n) is 3.92. The summed E-state index contributed by atoms with van der Waals surface area (Å²) in [4.78, 5) is 13.8. The van der Waals surface area contributed by atoms with Crippen LogP contribution in [0.2, 0.25) is 0 Å². The van der Waals surface area contributed by atoms with Gasteiger partial charge in [-0.25, -0.2) is 13.4 Å². The van der Waals surface area contributed by atoms with Crippen molar-refractivity contribution >= 4 is 33.2 Å². The topological polar surface area (TPSA) is 102 Å². The number of hydrogen-bond donors (Lipinski definition) is 1. The number of sulfonamides is 1. The van der Waals surface area contributed by atoms with Gasteiger partial charge in [-0.2, -0.15) is 0 Å². The maximum Gasteiger partial charge on any atom is 0.289 e. The minimum Gasteiger partial charge on any atom is -0.278 e. The van der Waals surface area contributed by atoms with Gasteiger partial charge in [0.25, 0.3) is 15.7 Å². The molecule has 9 heteroatoms. The van der Waals surface area contributed by atoms with Crippen molar-refractivity contribution in [1.29, 1.82) is 0 Å². The van der Waals surface area contributed by atoms with Crippen LogP contribution in [0.25, 0.3) is 0 Å². The summed E-state index contributed by atoms with van der Waals surface area (Å²) in [6.45, 7) is 0. The van der Waals surface area contributed by atoms with Crippen LogP contribution in [-0.4, -0.2) is 24.6 Å². The summed E-state index contributed by atoms with van der Waals surface area (Å²) in [5, 5.41) is 11.6. The first-order valence-electron chi connectivity index (χ1n) is 5.70. The fourth-order valence-corrected chi connectivity index (χ4v) is 3.19. The van der Waals surface area contributed by atoms with E-state index in [-0.39, 0.29) is 10.6 Å². The van der Waals surface area contributed by atoms with Gasteiger partial charge in [-0.15, -0.1) is 11.8 Å². The molecule has 0 aliphatic heterocycles. The summed E-state index contributed by atoms with van der Waals surface area (Å²) >= 11 is 1.42. The molecule has 21 heavy (non-hydrogen) atoms. The van der Waals surface area contributed by atoms with Crippen LogP contribution in [0.1, 0.15) is 0 Å². The molecule has 2 aromatic rings. The Morgan fingerprint density at radius 3 is 2.52 bits per heavy atom. The van der Waals surface area contributed by atoms with Crippen LogP contribution in [-0.2, 0) is 10.0 Å². The van der Waals surface area contributed by atoms with Crippen LogP contribution in [0.4, 0.5) is 11.4 Å². The summed E-state index contributed by atoms with van der Waals surface area (Å²) in [5.74, 6) is 0. The van der Waals surface area contributed by atoms with Crippen LogP contribution >= 0.6 is 11.8 Å². The molecule has 0 amide bonds. The first-order chi connectivity index (χ1) is 9.94. The molecule has 0 bridgehead atoms. The van der Waals surface area contributed by atoms with E-state index in [0.717, 1.165) is 11.1 Å². The number of para-hydroxylation sites is 1. The normalized spacial score (nSPS) is 11.1. The van der Waals surface area contributed by atoms with E-state index < -0.39 is 20.6 Å². The van der Waals surface area contributed by atoms with E-state index in [0.29, 0.717) is 0 Å². The highest BCUT2D eigenvalue weighted by Gasteiger charge is 2.25. The van der Waals surface area contributed by atoms with Gasteiger partial charge in [-0.1, -0.05) is 12.1 Å². The summed E-state index contributed by atoms with van der Waals surface area (Å²) in [5.41, 5.74) is -0.232. The fraction of sp³-hybridized carbons (Fsp3) is 0.0833. The number of rotatable bonds is 5. The molecule has 0 aliphatic rings. The highest BCUT2D eigenvalue weighted by molar-refractivity contribution is 7.98. The van der Waals surface area contributed by atoms with Crippen LogP contribution in [0, 0.1) is 10.1 Å². The van der Waals surface area contributed by atoms with Crippen molar-refractivity contribution in [2.24, 2.45) is 0 Å². The second kappa shape index (κ2) is 6.10. The van der Waals surface area contributed by atoms with E-state index in [9.17, 15) is 18.5 Å². The predicted molar refractivity (Wildman–Crippen MR) is 79.9 cm³/mol. The molecule has 1 aromatic carbocycles. The Hall–Kier alpha value is -2.13. The van der Waals surface area contributed by atoms with Crippen LogP contribution in [0.15, 0.2) is 52.5 Å². The number of anilines is 1. The predicted octanol–water partition coefficient (Wildman–Crippen LogP) is 2.51. The molecule has 0 aliphatic carbocycles. The molecular weight excluding hydrogens is 314 g/mol. The summed E-state index contributed by atoms with van der Waals surface area (Å²) in [6, 6.07) is 8.36. The van der Waals surface area contributed by atoms with Gasteiger partial charge >= 0.3 is 0 Å². The standard InChI is InChI=1S/C12H11N3O4S2/c1-20-12-7-6-9(8-13-12)14-21(18,19)11-5-3-2-4-10(11)15(16)17/h2-8,14H,1H3. The van der Waals surface area contributed by atoms with E-state index in [4.69, 9.17) is 0 Å². The third-order valence-corrected chi connectivity index (χ3v) is 4.64. The largest absolute Gasteiger partial charge is 0.289 e. The number of nitro groups is 1. The smallest absolute Gasteiger partial charge is 0.278 e. The van der Waals surface area contributed by atoms with Crippen molar-refractivity contribution in [3.8, 4) is 0 Å². The first-order valence-corrected chi connectivity index (χ1v) is 8.41. The molecule has 0 saturated heterocycles. The zero-order chi connectivity index (χ0) is 15.5. The molecule has 1 heterocycles. The Labute approximate surface area is 125 Å². The molecule has 0 unspecified atom stereocenters. The molecule has 0 spiro atoms. The van der Waals surface area contributed by atoms with E-state index in [1.165, 1.54) is 36.2 Å². The molecule has 0 saturated carbocycles. The van der Waals surface area contributed by atoms with Gasteiger partial charge in [-0.05, 0) is 24.5 Å². The van der Waals surface area contributed by atoms with Crippen LogP contribution < -0.4 is 4.72 Å². The molecule has 2 rings (SSSR count). The lowest BCUT2D eigenvalue weighted by atomic mass is 10.3. The summed E-state index contributed by atoms with van der Waals surface area (Å²) in [7, 11) is -4.05. The highest BCUT2D eigenvalue weighted by Crippen LogP contribution is 2.25. The number of nitrogens with zero attached hydrogens (tertiary/aromatic N) is 2. The fourth-order valence-electron chi connectivity index (χ4n) is 1.61. The van der Waals surface area contributed by atoms with Crippen molar-refractivity contribution in [2.75, 3.05) is 11.0 Å². The maximum absolute atomic E-state index is 12.2. The number of hydrogen-bond acceptors (Lipinski definition) is 6. The van der Waals surface area contributed by atoms with Gasteiger partial charge in [0.2, 0.25) is 0 Å². The summed E-state index contributed by atoms with van der Waals surface area (Å²) < 4.78 is 26.7. The van der Waals surface area contributed by atoms with Gasteiger partial charge in [0.15, 0.2) is 4.90 Å². The van der Waals surface area contributed by atoms with Crippen molar-refractivity contribution < 1.29 is 13.3 Å². The second-order valence-corrected chi connectivity index (χ2v) is 6.40. The van der Waals surface area contributed by atoms with Crippen molar-refractivity contribution in [3.05, 3.63) is 52.7 Å². The molecular formula is C12H11N3O4S2. The number of aromatic nitrogens is 1. The lowest BCUT2D eigenvalue weighted by Crippen LogP contribution is -2.14. The van der Waals surface area contributed by atoms with Crippen LogP contribution in [0.3, 0.4) is 0 Å². The Morgan fingerprint density at radius 1 is 1.24 bits per heavy atom. The Balaban J connectivity index is 2.36. The first kappa shape index (κ1) is 15.3. The molecule has 0 fully saturated rings. The van der Waals surface area contributed by atoms with Crippen LogP contribution in [0.5, 0.6) is 0 Å². The minimum absolute atomic E-state index is 0.242. The van der Waals surface area contributed by atoms with Crippen molar-refractivity contribution in [1.82, 2.24) is 4.98 Å². The molecule has 7 nitrogen and oxygen atoms in total. The van der Waals surface area contributed by atoms with Gasteiger partial charge in [0, 0.05) is 6.07 Å². The SMILES string of the molecule is CSc1ccc(NS(=O)(=O)c2ccccc2[N+](=O)[O-])cn1. The Kier molecular flexibility index (Phi) is 4.43. The molecule has 110 valence electrons. The van der Waals surface area contributed by atoms with E-state index >= 15 is 0 Å². The average molecular weight is 325 g/mol. The Morgan fingerprint density at radius 2 is 1.95 bits per heavy atom. The van der Waals surface area contributed by atoms with Gasteiger partial charge in [-0.3, -0.25) is 14.8 Å². The third kappa shape index (κ3) is 3.50. The molecule has 1 N–H and O–H groups in total. The van der Waals surface area contributed by atoms with Crippen molar-refractivity contribution in [2.45, 2.75) is 9.92 Å². The number of nitro benzene ring substituents is 1. The molecule has 0 radical (unpaired) electrons. The highest BCUT2D eigenvalue weighted by atomic mass is 32.2. The van der Waals surface area contributed by atoms with Crippen molar-refractivity contribution in [3.63, 3.8) is 0 Å². The quantitative estimate of drug-likeness (QED) is 0.515. The van der Waals surface area contributed by atoms with Gasteiger partial charge in [0.05, 0.1) is 21.8 Å². The maximum atomic E-state index is 12.2. The number of thioether (sulfide) groups is 1. The summed E-state index contributed by atoms with van der Waals surface area (Å²) in [6.07, 6.45) is 3.21. The number of benzene rings is 1. The zero-order valence-corrected chi connectivity index (χ0v) is 12.5. The number of nitrogens with one attached hydrogen (secondary N) is 1. The molecule has 0 atom stereocenters. The minimum atomic E-state index is -4.05. The third-order valence-electron chi connectivity index (χ3n) is 2.55. The Bertz CT molecular complexity index is 760.